The van der Waals surface area contributed by atoms with E-state index in [0.717, 1.165) is 38.2 Å². The Morgan fingerprint density at radius 3 is 2.61 bits per heavy atom. The van der Waals surface area contributed by atoms with Crippen LogP contribution in [0.5, 0.6) is 0 Å². The second kappa shape index (κ2) is 7.66. The van der Waals surface area contributed by atoms with Crippen LogP contribution in [0.1, 0.15) is 50.5 Å². The van der Waals surface area contributed by atoms with Gasteiger partial charge in [0.1, 0.15) is 0 Å². The third-order valence-electron chi connectivity index (χ3n) is 6.11. The Balaban J connectivity index is 1.60. The maximum atomic E-state index is 12.7. The van der Waals surface area contributed by atoms with Gasteiger partial charge in [-0.1, -0.05) is 31.5 Å². The standard InChI is InChI=1S/C22H29N3O3/c1-15(2)12-19(26)25-13-18(22(14-25)8-10-27-11-9-22)21-24-23-20(28-21)17-6-4-16(3)5-7-17/h4-7,15,18H,8-14H2,1-3H3. The topological polar surface area (TPSA) is 68.5 Å². The molecule has 3 heterocycles. The average molecular weight is 383 g/mol. The van der Waals surface area contributed by atoms with Crippen LogP contribution in [0.3, 0.4) is 0 Å². The van der Waals surface area contributed by atoms with Crippen LogP contribution in [0.4, 0.5) is 0 Å². The number of ether oxygens (including phenoxy) is 1. The molecule has 28 heavy (non-hydrogen) atoms. The highest BCUT2D eigenvalue weighted by Gasteiger charge is 2.51. The Hall–Kier alpha value is -2.21. The van der Waals surface area contributed by atoms with Crippen LogP contribution < -0.4 is 0 Å². The van der Waals surface area contributed by atoms with Crippen molar-refractivity contribution in [2.75, 3.05) is 26.3 Å². The number of benzene rings is 1. The number of rotatable bonds is 4. The Bertz CT molecular complexity index is 822. The minimum Gasteiger partial charge on any atom is -0.420 e. The van der Waals surface area contributed by atoms with Crippen molar-refractivity contribution in [3.05, 3.63) is 35.7 Å². The molecular formula is C22H29N3O3. The van der Waals surface area contributed by atoms with E-state index in [9.17, 15) is 4.79 Å². The van der Waals surface area contributed by atoms with Gasteiger partial charge in [-0.25, -0.2) is 0 Å². The lowest BCUT2D eigenvalue weighted by Gasteiger charge is -2.36. The van der Waals surface area contributed by atoms with Crippen molar-refractivity contribution in [3.8, 4) is 11.5 Å². The number of carbonyl (C=O) groups excluding carboxylic acids is 1. The molecule has 6 nitrogen and oxygen atoms in total. The number of aryl methyl sites for hydroxylation is 1. The number of amides is 1. The Morgan fingerprint density at radius 2 is 1.93 bits per heavy atom. The first kappa shape index (κ1) is 19.1. The van der Waals surface area contributed by atoms with Gasteiger partial charge in [0.05, 0.1) is 5.92 Å². The van der Waals surface area contributed by atoms with Gasteiger partial charge in [-0.05, 0) is 37.8 Å². The summed E-state index contributed by atoms with van der Waals surface area (Å²) in [5.41, 5.74) is 2.10. The summed E-state index contributed by atoms with van der Waals surface area (Å²) in [6.45, 7) is 9.08. The van der Waals surface area contributed by atoms with Crippen molar-refractivity contribution in [2.45, 2.75) is 46.0 Å². The first-order chi connectivity index (χ1) is 13.5. The Morgan fingerprint density at radius 1 is 1.21 bits per heavy atom. The van der Waals surface area contributed by atoms with E-state index in [0.29, 0.717) is 30.7 Å². The fourth-order valence-electron chi connectivity index (χ4n) is 4.45. The van der Waals surface area contributed by atoms with Crippen LogP contribution in [-0.4, -0.2) is 47.3 Å². The molecule has 0 radical (unpaired) electrons. The van der Waals surface area contributed by atoms with Crippen LogP contribution in [0, 0.1) is 18.3 Å². The second-order valence-corrected chi connectivity index (χ2v) is 8.71. The highest BCUT2D eigenvalue weighted by molar-refractivity contribution is 5.77. The molecule has 4 rings (SSSR count). The SMILES string of the molecule is Cc1ccc(-c2nnc(C3CN(C(=O)CC(C)C)CC34CCOCC4)o2)cc1. The van der Waals surface area contributed by atoms with E-state index in [1.807, 2.05) is 29.2 Å². The van der Waals surface area contributed by atoms with Gasteiger partial charge < -0.3 is 14.1 Å². The molecule has 2 aliphatic rings. The lowest BCUT2D eigenvalue weighted by atomic mass is 9.72. The van der Waals surface area contributed by atoms with Crippen molar-refractivity contribution < 1.29 is 13.9 Å². The molecule has 1 aromatic heterocycles. The van der Waals surface area contributed by atoms with E-state index in [4.69, 9.17) is 9.15 Å². The van der Waals surface area contributed by atoms with Crippen molar-refractivity contribution in [3.63, 3.8) is 0 Å². The van der Waals surface area contributed by atoms with Crippen LogP contribution in [-0.2, 0) is 9.53 Å². The number of hydrogen-bond acceptors (Lipinski definition) is 5. The van der Waals surface area contributed by atoms with Crippen molar-refractivity contribution >= 4 is 5.91 Å². The van der Waals surface area contributed by atoms with Gasteiger partial charge in [-0.3, -0.25) is 4.79 Å². The minimum atomic E-state index is -0.0258. The van der Waals surface area contributed by atoms with Gasteiger partial charge in [0.2, 0.25) is 17.7 Å². The predicted molar refractivity (Wildman–Crippen MR) is 106 cm³/mol. The predicted octanol–water partition coefficient (Wildman–Crippen LogP) is 3.81. The lowest BCUT2D eigenvalue weighted by Crippen LogP contribution is -2.37. The smallest absolute Gasteiger partial charge is 0.247 e. The molecule has 2 aliphatic heterocycles. The molecule has 150 valence electrons. The van der Waals surface area contributed by atoms with Crippen LogP contribution >= 0.6 is 0 Å². The van der Waals surface area contributed by atoms with Crippen LogP contribution in [0.2, 0.25) is 0 Å². The average Bonchev–Trinajstić information content (AvgIpc) is 3.28. The van der Waals surface area contributed by atoms with E-state index in [1.54, 1.807) is 0 Å². The van der Waals surface area contributed by atoms with Crippen molar-refractivity contribution in [1.29, 1.82) is 0 Å². The summed E-state index contributed by atoms with van der Waals surface area (Å²) >= 11 is 0. The van der Waals surface area contributed by atoms with Crippen LogP contribution in [0.15, 0.2) is 28.7 Å². The molecule has 2 aromatic rings. The molecule has 1 amide bonds. The maximum Gasteiger partial charge on any atom is 0.247 e. The molecule has 1 aromatic carbocycles. The molecule has 1 unspecified atom stereocenters. The number of likely N-dealkylation sites (tertiary alicyclic amines) is 1. The van der Waals surface area contributed by atoms with E-state index < -0.39 is 0 Å². The zero-order valence-corrected chi connectivity index (χ0v) is 17.0. The van der Waals surface area contributed by atoms with Gasteiger partial charge in [0, 0.05) is 43.7 Å². The van der Waals surface area contributed by atoms with Gasteiger partial charge in [0.15, 0.2) is 0 Å². The molecule has 6 heteroatoms. The first-order valence-corrected chi connectivity index (χ1v) is 10.2. The molecule has 1 spiro atoms. The molecule has 0 bridgehead atoms. The third kappa shape index (κ3) is 3.70. The second-order valence-electron chi connectivity index (χ2n) is 8.71. The Labute approximate surface area is 166 Å². The summed E-state index contributed by atoms with van der Waals surface area (Å²) in [6.07, 6.45) is 2.43. The largest absolute Gasteiger partial charge is 0.420 e. The van der Waals surface area contributed by atoms with Gasteiger partial charge in [-0.2, -0.15) is 0 Å². The molecule has 0 aliphatic carbocycles. The van der Waals surface area contributed by atoms with E-state index in [1.165, 1.54) is 5.56 Å². The molecule has 2 fully saturated rings. The number of nitrogens with zero attached hydrogens (tertiary/aromatic N) is 3. The van der Waals surface area contributed by atoms with Crippen molar-refractivity contribution in [2.24, 2.45) is 11.3 Å². The third-order valence-corrected chi connectivity index (χ3v) is 6.11. The number of aromatic nitrogens is 2. The van der Waals surface area contributed by atoms with Crippen molar-refractivity contribution in [1.82, 2.24) is 15.1 Å². The summed E-state index contributed by atoms with van der Waals surface area (Å²) in [6, 6.07) is 8.09. The monoisotopic (exact) mass is 383 g/mol. The lowest BCUT2D eigenvalue weighted by molar-refractivity contribution is -0.131. The maximum absolute atomic E-state index is 12.7. The summed E-state index contributed by atoms with van der Waals surface area (Å²) < 4.78 is 11.7. The fraction of sp³-hybridized carbons (Fsp3) is 0.591. The summed E-state index contributed by atoms with van der Waals surface area (Å²) in [7, 11) is 0. The van der Waals surface area contributed by atoms with Gasteiger partial charge >= 0.3 is 0 Å². The molecule has 0 N–H and O–H groups in total. The quantitative estimate of drug-likeness (QED) is 0.803. The van der Waals surface area contributed by atoms with Crippen LogP contribution in [0.25, 0.3) is 11.5 Å². The molecular weight excluding hydrogens is 354 g/mol. The zero-order valence-electron chi connectivity index (χ0n) is 17.0. The first-order valence-electron chi connectivity index (χ1n) is 10.2. The highest BCUT2D eigenvalue weighted by atomic mass is 16.5. The number of carbonyl (C=O) groups is 1. The number of hydrogen-bond donors (Lipinski definition) is 0. The highest BCUT2D eigenvalue weighted by Crippen LogP contribution is 2.49. The Kier molecular flexibility index (Phi) is 5.23. The van der Waals surface area contributed by atoms with Gasteiger partial charge in [-0.15, -0.1) is 10.2 Å². The molecule has 0 saturated carbocycles. The molecule has 1 atom stereocenters. The normalized spacial score (nSPS) is 21.6. The summed E-state index contributed by atoms with van der Waals surface area (Å²) in [4.78, 5) is 14.8. The summed E-state index contributed by atoms with van der Waals surface area (Å²) in [5, 5.41) is 8.71. The minimum absolute atomic E-state index is 0.0258. The van der Waals surface area contributed by atoms with Gasteiger partial charge in [0.25, 0.3) is 0 Å². The fourth-order valence-corrected chi connectivity index (χ4v) is 4.45. The van der Waals surface area contributed by atoms with E-state index in [2.05, 4.69) is 31.0 Å². The van der Waals surface area contributed by atoms with E-state index in [-0.39, 0.29) is 17.2 Å². The zero-order chi connectivity index (χ0) is 19.7. The molecule has 2 saturated heterocycles. The van der Waals surface area contributed by atoms with E-state index >= 15 is 0 Å². The summed E-state index contributed by atoms with van der Waals surface area (Å²) in [5.74, 6) is 1.84.